The zero-order valence-corrected chi connectivity index (χ0v) is 10.9. The predicted octanol–water partition coefficient (Wildman–Crippen LogP) is 2.58. The molecule has 1 heterocycles. The van der Waals surface area contributed by atoms with E-state index in [-0.39, 0.29) is 5.82 Å². The van der Waals surface area contributed by atoms with Crippen LogP contribution in [0.15, 0.2) is 12.1 Å². The highest BCUT2D eigenvalue weighted by atomic mass is 35.5. The first kappa shape index (κ1) is 12.8. The number of halogens is 2. The third kappa shape index (κ3) is 3.41. The molecule has 0 amide bonds. The lowest BCUT2D eigenvalue weighted by atomic mass is 10.1. The summed E-state index contributed by atoms with van der Waals surface area (Å²) in [6.45, 7) is 6.56. The van der Waals surface area contributed by atoms with Crippen molar-refractivity contribution in [1.82, 2.24) is 10.2 Å². The zero-order chi connectivity index (χ0) is 12.3. The van der Waals surface area contributed by atoms with Crippen molar-refractivity contribution in [1.29, 1.82) is 0 Å². The maximum absolute atomic E-state index is 13.5. The molecule has 1 saturated heterocycles. The number of benzene rings is 1. The van der Waals surface area contributed by atoms with Crippen molar-refractivity contribution in [3.05, 3.63) is 34.1 Å². The summed E-state index contributed by atoms with van der Waals surface area (Å²) in [5.74, 6) is -0.169. The van der Waals surface area contributed by atoms with E-state index in [4.69, 9.17) is 11.6 Å². The van der Waals surface area contributed by atoms with Crippen molar-refractivity contribution < 1.29 is 4.39 Å². The highest BCUT2D eigenvalue weighted by Crippen LogP contribution is 2.22. The summed E-state index contributed by atoms with van der Waals surface area (Å²) in [5, 5.41) is 4.02. The zero-order valence-electron chi connectivity index (χ0n) is 10.1. The molecule has 1 aliphatic heterocycles. The van der Waals surface area contributed by atoms with E-state index in [0.29, 0.717) is 10.6 Å². The molecule has 0 unspecified atom stereocenters. The predicted molar refractivity (Wildman–Crippen MR) is 68.9 cm³/mol. The van der Waals surface area contributed by atoms with Crippen molar-refractivity contribution in [3.63, 3.8) is 0 Å². The van der Waals surface area contributed by atoms with Gasteiger partial charge in [0.05, 0.1) is 0 Å². The number of nitrogens with zero attached hydrogens (tertiary/aromatic N) is 1. The molecular weight excluding hydrogens is 239 g/mol. The van der Waals surface area contributed by atoms with Crippen molar-refractivity contribution in [2.75, 3.05) is 26.2 Å². The molecule has 4 heteroatoms. The molecule has 2 nitrogen and oxygen atoms in total. The summed E-state index contributed by atoms with van der Waals surface area (Å²) < 4.78 is 13.5. The lowest BCUT2D eigenvalue weighted by molar-refractivity contribution is 0.284. The molecule has 2 rings (SSSR count). The number of nitrogens with one attached hydrogen (secondary N) is 1. The Balaban J connectivity index is 2.09. The fourth-order valence-corrected chi connectivity index (χ4v) is 2.39. The molecule has 0 radical (unpaired) electrons. The molecule has 0 aromatic heterocycles. The number of hydrogen-bond donors (Lipinski definition) is 1. The fourth-order valence-electron chi connectivity index (χ4n) is 2.11. The van der Waals surface area contributed by atoms with Gasteiger partial charge in [0.2, 0.25) is 0 Å². The monoisotopic (exact) mass is 256 g/mol. The molecule has 1 N–H and O–H groups in total. The highest BCUT2D eigenvalue weighted by molar-refractivity contribution is 6.31. The van der Waals surface area contributed by atoms with Crippen LogP contribution in [0.4, 0.5) is 4.39 Å². The SMILES string of the molecule is Cc1cc(Cl)c(CN2CCCNCC2)cc1F. The lowest BCUT2D eigenvalue weighted by Gasteiger charge is -2.20. The van der Waals surface area contributed by atoms with E-state index < -0.39 is 0 Å². The van der Waals surface area contributed by atoms with Crippen LogP contribution in [0.2, 0.25) is 5.02 Å². The number of aryl methyl sites for hydroxylation is 1. The van der Waals surface area contributed by atoms with Crippen LogP contribution < -0.4 is 5.32 Å². The normalized spacial score (nSPS) is 18.1. The largest absolute Gasteiger partial charge is 0.315 e. The molecule has 1 fully saturated rings. The number of rotatable bonds is 2. The van der Waals surface area contributed by atoms with Crippen LogP contribution in [-0.2, 0) is 6.54 Å². The van der Waals surface area contributed by atoms with Crippen LogP contribution >= 0.6 is 11.6 Å². The smallest absolute Gasteiger partial charge is 0.126 e. The van der Waals surface area contributed by atoms with Gasteiger partial charge in [0.15, 0.2) is 0 Å². The van der Waals surface area contributed by atoms with Crippen LogP contribution in [-0.4, -0.2) is 31.1 Å². The molecular formula is C13H18ClFN2. The summed E-state index contributed by atoms with van der Waals surface area (Å²) >= 11 is 6.15. The average Bonchev–Trinajstić information content (AvgIpc) is 2.54. The van der Waals surface area contributed by atoms with E-state index in [2.05, 4.69) is 10.2 Å². The van der Waals surface area contributed by atoms with Gasteiger partial charge in [-0.25, -0.2) is 4.39 Å². The molecule has 17 heavy (non-hydrogen) atoms. The fraction of sp³-hybridized carbons (Fsp3) is 0.538. The minimum atomic E-state index is -0.169. The van der Waals surface area contributed by atoms with Gasteiger partial charge < -0.3 is 5.32 Å². The van der Waals surface area contributed by atoms with Crippen molar-refractivity contribution in [2.24, 2.45) is 0 Å². The van der Waals surface area contributed by atoms with Crippen LogP contribution in [0.1, 0.15) is 17.5 Å². The molecule has 0 spiro atoms. The average molecular weight is 257 g/mol. The third-order valence-electron chi connectivity index (χ3n) is 3.15. The van der Waals surface area contributed by atoms with Gasteiger partial charge in [0.25, 0.3) is 0 Å². The Bertz CT molecular complexity index is 387. The molecule has 1 aliphatic rings. The van der Waals surface area contributed by atoms with Gasteiger partial charge in [0.1, 0.15) is 5.82 Å². The Morgan fingerprint density at radius 3 is 3.00 bits per heavy atom. The van der Waals surface area contributed by atoms with Crippen LogP contribution in [0.5, 0.6) is 0 Å². The van der Waals surface area contributed by atoms with Crippen LogP contribution in [0, 0.1) is 12.7 Å². The molecule has 0 aliphatic carbocycles. The lowest BCUT2D eigenvalue weighted by Crippen LogP contribution is -2.27. The molecule has 1 aromatic rings. The van der Waals surface area contributed by atoms with E-state index in [1.165, 1.54) is 0 Å². The third-order valence-corrected chi connectivity index (χ3v) is 3.51. The van der Waals surface area contributed by atoms with Gasteiger partial charge >= 0.3 is 0 Å². The second-order valence-electron chi connectivity index (χ2n) is 4.57. The molecule has 0 saturated carbocycles. The maximum atomic E-state index is 13.5. The highest BCUT2D eigenvalue weighted by Gasteiger charge is 2.12. The molecule has 0 atom stereocenters. The summed E-state index contributed by atoms with van der Waals surface area (Å²) in [7, 11) is 0. The van der Waals surface area contributed by atoms with Gasteiger partial charge in [-0.15, -0.1) is 0 Å². The minimum Gasteiger partial charge on any atom is -0.315 e. The van der Waals surface area contributed by atoms with Crippen molar-refractivity contribution in [2.45, 2.75) is 19.9 Å². The van der Waals surface area contributed by atoms with Crippen molar-refractivity contribution in [3.8, 4) is 0 Å². The Kier molecular flexibility index (Phi) is 4.37. The first-order valence-electron chi connectivity index (χ1n) is 6.04. The molecule has 94 valence electrons. The topological polar surface area (TPSA) is 15.3 Å². The summed E-state index contributed by atoms with van der Waals surface area (Å²) in [6.07, 6.45) is 1.13. The Hall–Kier alpha value is -0.640. The Labute approximate surface area is 107 Å². The summed E-state index contributed by atoms with van der Waals surface area (Å²) in [4.78, 5) is 2.32. The summed E-state index contributed by atoms with van der Waals surface area (Å²) in [6, 6.07) is 3.28. The van der Waals surface area contributed by atoms with E-state index in [1.54, 1.807) is 19.1 Å². The van der Waals surface area contributed by atoms with Gasteiger partial charge in [-0.05, 0) is 49.7 Å². The van der Waals surface area contributed by atoms with Crippen LogP contribution in [0.3, 0.4) is 0 Å². The quantitative estimate of drug-likeness (QED) is 0.875. The Morgan fingerprint density at radius 1 is 1.35 bits per heavy atom. The maximum Gasteiger partial charge on any atom is 0.126 e. The minimum absolute atomic E-state index is 0.169. The van der Waals surface area contributed by atoms with E-state index in [0.717, 1.165) is 44.7 Å². The molecule has 0 bridgehead atoms. The first-order chi connectivity index (χ1) is 8.16. The van der Waals surface area contributed by atoms with E-state index >= 15 is 0 Å². The number of hydrogen-bond acceptors (Lipinski definition) is 2. The standard InChI is InChI=1S/C13H18ClFN2/c1-10-7-12(14)11(8-13(10)15)9-17-5-2-3-16-4-6-17/h7-8,16H,2-6,9H2,1H3. The first-order valence-corrected chi connectivity index (χ1v) is 6.42. The van der Waals surface area contributed by atoms with E-state index in [9.17, 15) is 4.39 Å². The van der Waals surface area contributed by atoms with Crippen LogP contribution in [0.25, 0.3) is 0 Å². The summed E-state index contributed by atoms with van der Waals surface area (Å²) in [5.41, 5.74) is 1.49. The van der Waals surface area contributed by atoms with E-state index in [1.807, 2.05) is 0 Å². The van der Waals surface area contributed by atoms with Gasteiger partial charge in [-0.1, -0.05) is 11.6 Å². The second kappa shape index (κ2) is 5.80. The second-order valence-corrected chi connectivity index (χ2v) is 4.98. The van der Waals surface area contributed by atoms with Gasteiger partial charge in [0, 0.05) is 24.7 Å². The Morgan fingerprint density at radius 2 is 2.18 bits per heavy atom. The van der Waals surface area contributed by atoms with Crippen molar-refractivity contribution >= 4 is 11.6 Å². The molecule has 1 aromatic carbocycles. The van der Waals surface area contributed by atoms with Gasteiger partial charge in [-0.2, -0.15) is 0 Å². The van der Waals surface area contributed by atoms with Gasteiger partial charge in [-0.3, -0.25) is 4.90 Å².